The Labute approximate surface area is 101 Å². The highest BCUT2D eigenvalue weighted by Crippen LogP contribution is 2.20. The van der Waals surface area contributed by atoms with Gasteiger partial charge in [-0.1, -0.05) is 17.7 Å². The summed E-state index contributed by atoms with van der Waals surface area (Å²) in [6.45, 7) is 2.97. The Kier molecular flexibility index (Phi) is 4.04. The largest absolute Gasteiger partial charge is 0.395 e. The number of hydrogen-bond acceptors (Lipinski definition) is 3. The van der Waals surface area contributed by atoms with Crippen LogP contribution in [0.15, 0.2) is 24.3 Å². The number of nitrogens with one attached hydrogen (secondary N) is 1. The average molecular weight is 241 g/mol. The minimum atomic E-state index is 0.154. The molecule has 88 valence electrons. The Hall–Kier alpha value is -0.770. The lowest BCUT2D eigenvalue weighted by molar-refractivity contribution is 0.248. The maximum Gasteiger partial charge on any atom is 0.0601 e. The minimum absolute atomic E-state index is 0.154. The van der Waals surface area contributed by atoms with Crippen LogP contribution in [0.25, 0.3) is 0 Å². The van der Waals surface area contributed by atoms with Gasteiger partial charge in [-0.25, -0.2) is 0 Å². The van der Waals surface area contributed by atoms with Crippen LogP contribution < -0.4 is 10.2 Å². The van der Waals surface area contributed by atoms with Gasteiger partial charge in [-0.3, -0.25) is 0 Å². The molecule has 0 radical (unpaired) electrons. The number of rotatable bonds is 2. The topological polar surface area (TPSA) is 35.5 Å². The van der Waals surface area contributed by atoms with Gasteiger partial charge in [-0.2, -0.15) is 0 Å². The van der Waals surface area contributed by atoms with Crippen molar-refractivity contribution in [2.75, 3.05) is 31.1 Å². The second-order valence-corrected chi connectivity index (χ2v) is 4.55. The molecule has 0 spiro atoms. The molecule has 1 saturated heterocycles. The summed E-state index contributed by atoms with van der Waals surface area (Å²) in [6.07, 6.45) is 1.09. The predicted octanol–water partition coefficient (Wildman–Crippen LogP) is 1.50. The van der Waals surface area contributed by atoms with Gasteiger partial charge in [0.25, 0.3) is 0 Å². The second kappa shape index (κ2) is 5.53. The van der Waals surface area contributed by atoms with Crippen molar-refractivity contribution in [3.63, 3.8) is 0 Å². The molecular formula is C12H17ClN2O. The lowest BCUT2D eigenvalue weighted by atomic mass is 10.2. The van der Waals surface area contributed by atoms with Crippen molar-refractivity contribution in [1.82, 2.24) is 5.32 Å². The van der Waals surface area contributed by atoms with Gasteiger partial charge in [0.1, 0.15) is 0 Å². The van der Waals surface area contributed by atoms with Gasteiger partial charge in [-0.15, -0.1) is 0 Å². The fourth-order valence-corrected chi connectivity index (χ4v) is 2.21. The van der Waals surface area contributed by atoms with Gasteiger partial charge in [-0.05, 0) is 31.2 Å². The summed E-state index contributed by atoms with van der Waals surface area (Å²) in [4.78, 5) is 2.27. The van der Waals surface area contributed by atoms with Crippen molar-refractivity contribution in [2.45, 2.75) is 12.5 Å². The van der Waals surface area contributed by atoms with Gasteiger partial charge in [0.15, 0.2) is 0 Å². The Morgan fingerprint density at radius 1 is 1.50 bits per heavy atom. The summed E-state index contributed by atoms with van der Waals surface area (Å²) >= 11 is 5.98. The Morgan fingerprint density at radius 2 is 2.38 bits per heavy atom. The molecule has 1 atom stereocenters. The van der Waals surface area contributed by atoms with Gasteiger partial charge < -0.3 is 15.3 Å². The standard InChI is InChI=1S/C12H17ClN2O/c13-10-3-1-4-12(7-10)15-6-2-5-14-11(8-15)9-16/h1,3-4,7,11,14,16H,2,5-6,8-9H2. The first-order valence-corrected chi connectivity index (χ1v) is 6.02. The molecule has 0 saturated carbocycles. The smallest absolute Gasteiger partial charge is 0.0601 e. The number of halogens is 1. The maximum absolute atomic E-state index is 9.22. The molecule has 0 bridgehead atoms. The first-order chi connectivity index (χ1) is 7.79. The summed E-state index contributed by atoms with van der Waals surface area (Å²) in [5.41, 5.74) is 1.13. The van der Waals surface area contributed by atoms with Crippen molar-refractivity contribution < 1.29 is 5.11 Å². The molecule has 1 fully saturated rings. The van der Waals surface area contributed by atoms with E-state index in [2.05, 4.69) is 16.3 Å². The zero-order chi connectivity index (χ0) is 11.4. The van der Waals surface area contributed by atoms with Crippen LogP contribution in [0.3, 0.4) is 0 Å². The Bertz CT molecular complexity index is 346. The SMILES string of the molecule is OCC1CN(c2cccc(Cl)c2)CCCN1. The first-order valence-electron chi connectivity index (χ1n) is 5.64. The Balaban J connectivity index is 2.12. The van der Waals surface area contributed by atoms with Gasteiger partial charge >= 0.3 is 0 Å². The average Bonchev–Trinajstić information content (AvgIpc) is 2.54. The van der Waals surface area contributed by atoms with E-state index in [-0.39, 0.29) is 12.6 Å². The van der Waals surface area contributed by atoms with Crippen molar-refractivity contribution in [1.29, 1.82) is 0 Å². The van der Waals surface area contributed by atoms with E-state index >= 15 is 0 Å². The summed E-state index contributed by atoms with van der Waals surface area (Å²) in [5, 5.41) is 13.3. The molecular weight excluding hydrogens is 224 g/mol. The van der Waals surface area contributed by atoms with E-state index in [1.807, 2.05) is 18.2 Å². The third kappa shape index (κ3) is 2.88. The van der Waals surface area contributed by atoms with Crippen LogP contribution in [0.5, 0.6) is 0 Å². The molecule has 2 N–H and O–H groups in total. The molecule has 2 rings (SSSR count). The summed E-state index contributed by atoms with van der Waals surface area (Å²) < 4.78 is 0. The molecule has 0 amide bonds. The van der Waals surface area contributed by atoms with E-state index in [0.717, 1.165) is 36.8 Å². The number of anilines is 1. The maximum atomic E-state index is 9.22. The molecule has 1 heterocycles. The Morgan fingerprint density at radius 3 is 3.12 bits per heavy atom. The third-order valence-corrected chi connectivity index (χ3v) is 3.11. The number of nitrogens with zero attached hydrogens (tertiary/aromatic N) is 1. The van der Waals surface area contributed by atoms with Crippen LogP contribution in [0, 0.1) is 0 Å². The molecule has 1 aliphatic heterocycles. The van der Waals surface area contributed by atoms with Crippen LogP contribution in [-0.4, -0.2) is 37.4 Å². The van der Waals surface area contributed by atoms with Gasteiger partial charge in [0.05, 0.1) is 6.61 Å². The molecule has 1 aromatic carbocycles. The summed E-state index contributed by atoms with van der Waals surface area (Å²) in [7, 11) is 0. The van der Waals surface area contributed by atoms with E-state index in [1.165, 1.54) is 0 Å². The van der Waals surface area contributed by atoms with Crippen LogP contribution in [0.4, 0.5) is 5.69 Å². The summed E-state index contributed by atoms with van der Waals surface area (Å²) in [6, 6.07) is 8.03. The highest BCUT2D eigenvalue weighted by molar-refractivity contribution is 6.30. The zero-order valence-corrected chi connectivity index (χ0v) is 9.95. The van der Waals surface area contributed by atoms with E-state index < -0.39 is 0 Å². The molecule has 1 aliphatic rings. The van der Waals surface area contributed by atoms with Crippen molar-refractivity contribution in [3.8, 4) is 0 Å². The number of hydrogen-bond donors (Lipinski definition) is 2. The molecule has 1 aromatic rings. The lowest BCUT2D eigenvalue weighted by Gasteiger charge is -2.25. The molecule has 16 heavy (non-hydrogen) atoms. The highest BCUT2D eigenvalue weighted by atomic mass is 35.5. The van der Waals surface area contributed by atoms with Crippen LogP contribution in [0.1, 0.15) is 6.42 Å². The monoisotopic (exact) mass is 240 g/mol. The fourth-order valence-electron chi connectivity index (χ4n) is 2.03. The van der Waals surface area contributed by atoms with E-state index in [1.54, 1.807) is 0 Å². The van der Waals surface area contributed by atoms with Crippen molar-refractivity contribution in [2.24, 2.45) is 0 Å². The van der Waals surface area contributed by atoms with Crippen LogP contribution in [0.2, 0.25) is 5.02 Å². The predicted molar refractivity (Wildman–Crippen MR) is 67.2 cm³/mol. The summed E-state index contributed by atoms with van der Waals surface area (Å²) in [5.74, 6) is 0. The fraction of sp³-hybridized carbons (Fsp3) is 0.500. The van der Waals surface area contributed by atoms with Gasteiger partial charge in [0, 0.05) is 29.8 Å². The number of benzene rings is 1. The molecule has 0 aromatic heterocycles. The first kappa shape index (κ1) is 11.7. The van der Waals surface area contributed by atoms with E-state index in [9.17, 15) is 5.11 Å². The molecule has 3 nitrogen and oxygen atoms in total. The molecule has 1 unspecified atom stereocenters. The van der Waals surface area contributed by atoms with E-state index in [0.29, 0.717) is 0 Å². The zero-order valence-electron chi connectivity index (χ0n) is 9.19. The van der Waals surface area contributed by atoms with Crippen molar-refractivity contribution >= 4 is 17.3 Å². The van der Waals surface area contributed by atoms with Crippen molar-refractivity contribution in [3.05, 3.63) is 29.3 Å². The van der Waals surface area contributed by atoms with Gasteiger partial charge in [0.2, 0.25) is 0 Å². The third-order valence-electron chi connectivity index (χ3n) is 2.87. The minimum Gasteiger partial charge on any atom is -0.395 e. The molecule has 0 aliphatic carbocycles. The highest BCUT2D eigenvalue weighted by Gasteiger charge is 2.17. The normalized spacial score (nSPS) is 21.9. The quantitative estimate of drug-likeness (QED) is 0.823. The second-order valence-electron chi connectivity index (χ2n) is 4.11. The molecule has 4 heteroatoms. The lowest BCUT2D eigenvalue weighted by Crippen LogP contribution is -2.40. The number of aliphatic hydroxyl groups is 1. The van der Waals surface area contributed by atoms with Crippen LogP contribution in [-0.2, 0) is 0 Å². The van der Waals surface area contributed by atoms with E-state index in [4.69, 9.17) is 11.6 Å². The van der Waals surface area contributed by atoms with Crippen LogP contribution >= 0.6 is 11.6 Å². The number of aliphatic hydroxyl groups excluding tert-OH is 1.